The van der Waals surface area contributed by atoms with Gasteiger partial charge in [0.15, 0.2) is 0 Å². The maximum atomic E-state index is 11.8. The third-order valence-electron chi connectivity index (χ3n) is 3.06. The highest BCUT2D eigenvalue weighted by molar-refractivity contribution is 7.92. The van der Waals surface area contributed by atoms with Crippen molar-refractivity contribution in [1.29, 1.82) is 0 Å². The number of sulfonamides is 1. The zero-order valence-electron chi connectivity index (χ0n) is 11.8. The van der Waals surface area contributed by atoms with Gasteiger partial charge >= 0.3 is 0 Å². The molecule has 0 spiro atoms. The van der Waals surface area contributed by atoms with Crippen LogP contribution in [0.1, 0.15) is 51.9 Å². The van der Waals surface area contributed by atoms with Crippen LogP contribution in [-0.2, 0) is 10.0 Å². The first-order valence-corrected chi connectivity index (χ1v) is 8.85. The molecule has 0 bridgehead atoms. The maximum absolute atomic E-state index is 11.8. The molecule has 0 aliphatic carbocycles. The molecular formula is C15H25NO2S. The van der Waals surface area contributed by atoms with Crippen LogP contribution in [0.3, 0.4) is 0 Å². The summed E-state index contributed by atoms with van der Waals surface area (Å²) in [4.78, 5) is 0. The van der Waals surface area contributed by atoms with E-state index in [0.717, 1.165) is 19.3 Å². The second-order valence-corrected chi connectivity index (χ2v) is 6.75. The van der Waals surface area contributed by atoms with E-state index >= 15 is 0 Å². The number of benzene rings is 1. The molecule has 4 heteroatoms. The van der Waals surface area contributed by atoms with E-state index in [1.807, 2.05) is 18.2 Å². The summed E-state index contributed by atoms with van der Waals surface area (Å²) in [7, 11) is -3.18. The van der Waals surface area contributed by atoms with Gasteiger partial charge in [0, 0.05) is 5.69 Å². The van der Waals surface area contributed by atoms with Gasteiger partial charge in [0.2, 0.25) is 10.0 Å². The average molecular weight is 283 g/mol. The van der Waals surface area contributed by atoms with E-state index < -0.39 is 10.0 Å². The van der Waals surface area contributed by atoms with Crippen LogP contribution in [0.2, 0.25) is 0 Å². The Morgan fingerprint density at radius 2 is 1.47 bits per heavy atom. The summed E-state index contributed by atoms with van der Waals surface area (Å²) >= 11 is 0. The smallest absolute Gasteiger partial charge is 0.232 e. The number of nitrogens with one attached hydrogen (secondary N) is 1. The Kier molecular flexibility index (Phi) is 7.56. The van der Waals surface area contributed by atoms with Crippen molar-refractivity contribution >= 4 is 15.7 Å². The molecule has 1 N–H and O–H groups in total. The first-order valence-electron chi connectivity index (χ1n) is 7.19. The van der Waals surface area contributed by atoms with Crippen LogP contribution in [0.4, 0.5) is 5.69 Å². The van der Waals surface area contributed by atoms with E-state index in [-0.39, 0.29) is 5.75 Å². The van der Waals surface area contributed by atoms with Crippen LogP contribution in [0.25, 0.3) is 0 Å². The Bertz CT molecular complexity index is 429. The third kappa shape index (κ3) is 7.88. The SMILES string of the molecule is CCCCCCCCCS(=O)(=O)Nc1ccccc1. The van der Waals surface area contributed by atoms with Crippen molar-refractivity contribution in [1.82, 2.24) is 0 Å². The summed E-state index contributed by atoms with van der Waals surface area (Å²) < 4.78 is 26.2. The monoisotopic (exact) mass is 283 g/mol. The van der Waals surface area contributed by atoms with Crippen LogP contribution in [-0.4, -0.2) is 14.2 Å². The van der Waals surface area contributed by atoms with E-state index in [2.05, 4.69) is 11.6 Å². The molecule has 19 heavy (non-hydrogen) atoms. The van der Waals surface area contributed by atoms with Crippen molar-refractivity contribution in [2.75, 3.05) is 10.5 Å². The van der Waals surface area contributed by atoms with Crippen molar-refractivity contribution in [3.05, 3.63) is 30.3 Å². The zero-order chi connectivity index (χ0) is 14.0. The van der Waals surface area contributed by atoms with Gasteiger partial charge in [0.1, 0.15) is 0 Å². The Labute approximate surface area is 117 Å². The minimum Gasteiger partial charge on any atom is -0.284 e. The molecule has 0 aliphatic heterocycles. The fraction of sp³-hybridized carbons (Fsp3) is 0.600. The molecule has 0 amide bonds. The summed E-state index contributed by atoms with van der Waals surface area (Å²) in [5.74, 6) is 0.218. The molecule has 0 saturated carbocycles. The molecular weight excluding hydrogens is 258 g/mol. The number of hydrogen-bond donors (Lipinski definition) is 1. The quantitative estimate of drug-likeness (QED) is 0.655. The van der Waals surface area contributed by atoms with Gasteiger partial charge in [-0.2, -0.15) is 0 Å². The number of hydrogen-bond acceptors (Lipinski definition) is 2. The van der Waals surface area contributed by atoms with Gasteiger partial charge in [0.25, 0.3) is 0 Å². The van der Waals surface area contributed by atoms with Gasteiger partial charge in [0.05, 0.1) is 5.75 Å². The van der Waals surface area contributed by atoms with E-state index in [1.165, 1.54) is 25.7 Å². The normalized spacial score (nSPS) is 11.4. The summed E-state index contributed by atoms with van der Waals surface area (Å²) in [5.41, 5.74) is 0.644. The van der Waals surface area contributed by atoms with Crippen LogP contribution in [0.15, 0.2) is 30.3 Å². The molecule has 0 fully saturated rings. The second-order valence-electron chi connectivity index (χ2n) is 4.91. The first kappa shape index (κ1) is 16.0. The van der Waals surface area contributed by atoms with Crippen LogP contribution in [0, 0.1) is 0 Å². The van der Waals surface area contributed by atoms with Crippen LogP contribution in [0.5, 0.6) is 0 Å². The number of rotatable bonds is 10. The predicted molar refractivity (Wildman–Crippen MR) is 81.8 cm³/mol. The summed E-state index contributed by atoms with van der Waals surface area (Å²) in [6.45, 7) is 2.20. The van der Waals surface area contributed by atoms with E-state index in [1.54, 1.807) is 12.1 Å². The topological polar surface area (TPSA) is 46.2 Å². The summed E-state index contributed by atoms with van der Waals surface area (Å²) in [6.07, 6.45) is 7.91. The van der Waals surface area contributed by atoms with Crippen molar-refractivity contribution < 1.29 is 8.42 Å². The molecule has 0 radical (unpaired) electrons. The van der Waals surface area contributed by atoms with Crippen molar-refractivity contribution in [3.8, 4) is 0 Å². The Hall–Kier alpha value is -1.03. The van der Waals surface area contributed by atoms with Gasteiger partial charge in [-0.15, -0.1) is 0 Å². The van der Waals surface area contributed by atoms with E-state index in [9.17, 15) is 8.42 Å². The van der Waals surface area contributed by atoms with Gasteiger partial charge in [-0.05, 0) is 18.6 Å². The fourth-order valence-electron chi connectivity index (χ4n) is 1.99. The number of anilines is 1. The lowest BCUT2D eigenvalue weighted by Crippen LogP contribution is -2.16. The first-order chi connectivity index (χ1) is 9.14. The summed E-state index contributed by atoms with van der Waals surface area (Å²) in [6, 6.07) is 9.05. The third-order valence-corrected chi connectivity index (χ3v) is 4.44. The van der Waals surface area contributed by atoms with Gasteiger partial charge in [-0.25, -0.2) is 8.42 Å². The number of unbranched alkanes of at least 4 members (excludes halogenated alkanes) is 6. The van der Waals surface area contributed by atoms with Crippen LogP contribution >= 0.6 is 0 Å². The molecule has 0 saturated heterocycles. The summed E-state index contributed by atoms with van der Waals surface area (Å²) in [5, 5.41) is 0. The standard InChI is InChI=1S/C15H25NO2S/c1-2-3-4-5-6-7-11-14-19(17,18)16-15-12-9-8-10-13-15/h8-10,12-13,16H,2-7,11,14H2,1H3. The molecule has 0 heterocycles. The maximum Gasteiger partial charge on any atom is 0.232 e. The number of para-hydroxylation sites is 1. The molecule has 0 aliphatic rings. The molecule has 1 aromatic carbocycles. The highest BCUT2D eigenvalue weighted by Gasteiger charge is 2.09. The molecule has 0 aromatic heterocycles. The molecule has 108 valence electrons. The second kappa shape index (κ2) is 8.97. The van der Waals surface area contributed by atoms with Gasteiger partial charge < -0.3 is 0 Å². The average Bonchev–Trinajstić information content (AvgIpc) is 2.38. The molecule has 3 nitrogen and oxygen atoms in total. The van der Waals surface area contributed by atoms with Crippen molar-refractivity contribution in [3.63, 3.8) is 0 Å². The Morgan fingerprint density at radius 1 is 0.895 bits per heavy atom. The minimum absolute atomic E-state index is 0.218. The van der Waals surface area contributed by atoms with Crippen molar-refractivity contribution in [2.24, 2.45) is 0 Å². The largest absolute Gasteiger partial charge is 0.284 e. The molecule has 1 aromatic rings. The van der Waals surface area contributed by atoms with Gasteiger partial charge in [-0.1, -0.05) is 63.6 Å². The lowest BCUT2D eigenvalue weighted by molar-refractivity contribution is 0.582. The highest BCUT2D eigenvalue weighted by atomic mass is 32.2. The molecule has 0 unspecified atom stereocenters. The highest BCUT2D eigenvalue weighted by Crippen LogP contribution is 2.11. The fourth-order valence-corrected chi connectivity index (χ4v) is 3.17. The van der Waals surface area contributed by atoms with Crippen LogP contribution < -0.4 is 4.72 Å². The van der Waals surface area contributed by atoms with E-state index in [4.69, 9.17) is 0 Å². The zero-order valence-corrected chi connectivity index (χ0v) is 12.6. The minimum atomic E-state index is -3.18. The lowest BCUT2D eigenvalue weighted by atomic mass is 10.1. The Balaban J connectivity index is 2.17. The molecule has 0 atom stereocenters. The Morgan fingerprint density at radius 3 is 2.11 bits per heavy atom. The lowest BCUT2D eigenvalue weighted by Gasteiger charge is -2.07. The van der Waals surface area contributed by atoms with Gasteiger partial charge in [-0.3, -0.25) is 4.72 Å². The molecule has 1 rings (SSSR count). The predicted octanol–water partition coefficient (Wildman–Crippen LogP) is 4.18. The van der Waals surface area contributed by atoms with E-state index in [0.29, 0.717) is 5.69 Å². The van der Waals surface area contributed by atoms with Crippen molar-refractivity contribution in [2.45, 2.75) is 51.9 Å².